The van der Waals surface area contributed by atoms with Crippen molar-refractivity contribution in [2.24, 2.45) is 0 Å². The summed E-state index contributed by atoms with van der Waals surface area (Å²) >= 11 is 0. The number of carboxylic acids is 4. The molecule has 0 aromatic carbocycles. The molecule has 0 amide bonds. The van der Waals surface area contributed by atoms with Crippen LogP contribution in [0.2, 0.25) is 0 Å². The molecule has 178 valence electrons. The van der Waals surface area contributed by atoms with E-state index in [1.165, 1.54) is 5.56 Å². The maximum atomic E-state index is 9.77. The molecule has 1 aliphatic rings. The van der Waals surface area contributed by atoms with E-state index in [-0.39, 0.29) is 0 Å². The number of carboxylic acid groups (broad SMARTS) is 4. The molecule has 0 radical (unpaired) electrons. The highest BCUT2D eigenvalue weighted by Crippen LogP contribution is 2.17. The average Bonchev–Trinajstić information content (AvgIpc) is 2.78. The molecule has 2 heterocycles. The predicted molar refractivity (Wildman–Crippen MR) is 103 cm³/mol. The van der Waals surface area contributed by atoms with E-state index in [0.717, 1.165) is 13.0 Å². The smallest absolute Gasteiger partial charge is 0.335 e. The molecule has 0 bridgehead atoms. The van der Waals surface area contributed by atoms with Crippen LogP contribution < -0.4 is 5.32 Å². The first kappa shape index (κ1) is 28.6. The van der Waals surface area contributed by atoms with E-state index in [2.05, 4.69) is 28.5 Å². The molecule has 1 aromatic heterocycles. The number of carbonyl (C=O) groups is 4. The second-order valence-electron chi connectivity index (χ2n) is 6.09. The van der Waals surface area contributed by atoms with Crippen molar-refractivity contribution in [1.82, 2.24) is 10.3 Å². The zero-order chi connectivity index (χ0) is 24.8. The van der Waals surface area contributed by atoms with E-state index in [1.54, 1.807) is 0 Å². The van der Waals surface area contributed by atoms with Crippen molar-refractivity contribution >= 4 is 23.9 Å². The summed E-state index contributed by atoms with van der Waals surface area (Å²) in [7, 11) is 0. The lowest BCUT2D eigenvalue weighted by Gasteiger charge is -2.19. The molecular weight excluding hydrogens is 436 g/mol. The van der Waals surface area contributed by atoms with Crippen LogP contribution in [0.15, 0.2) is 36.7 Å². The molecule has 5 unspecified atom stereocenters. The lowest BCUT2D eigenvalue weighted by atomic mass is 10.0. The fourth-order valence-corrected chi connectivity index (χ4v) is 1.99. The quantitative estimate of drug-likeness (QED) is 0.190. The van der Waals surface area contributed by atoms with Crippen LogP contribution in [0.1, 0.15) is 18.0 Å². The van der Waals surface area contributed by atoms with Crippen molar-refractivity contribution in [1.29, 1.82) is 0 Å². The van der Waals surface area contributed by atoms with E-state index in [4.69, 9.17) is 40.9 Å². The molecule has 9 N–H and O–H groups in total. The number of aliphatic carboxylic acids is 4. The van der Waals surface area contributed by atoms with Crippen LogP contribution in [-0.2, 0) is 19.2 Å². The first-order valence-electron chi connectivity index (χ1n) is 8.81. The molecule has 0 saturated carbocycles. The Balaban J connectivity index is 0.000000455. The Morgan fingerprint density at radius 2 is 1.25 bits per heavy atom. The van der Waals surface area contributed by atoms with E-state index in [1.807, 2.05) is 18.5 Å². The van der Waals surface area contributed by atoms with Crippen molar-refractivity contribution in [2.75, 3.05) is 6.54 Å². The first-order chi connectivity index (χ1) is 14.9. The van der Waals surface area contributed by atoms with Crippen molar-refractivity contribution in [2.45, 2.75) is 36.9 Å². The number of hydrogen-bond acceptors (Lipinski definition) is 10. The topological polar surface area (TPSA) is 255 Å². The van der Waals surface area contributed by atoms with Crippen molar-refractivity contribution < 1.29 is 60.0 Å². The molecule has 0 saturated heterocycles. The summed E-state index contributed by atoms with van der Waals surface area (Å²) < 4.78 is 0. The van der Waals surface area contributed by atoms with Gasteiger partial charge in [-0.2, -0.15) is 0 Å². The van der Waals surface area contributed by atoms with Gasteiger partial charge in [0.05, 0.1) is 0 Å². The lowest BCUT2D eigenvalue weighted by Crippen LogP contribution is -2.39. The van der Waals surface area contributed by atoms with E-state index < -0.39 is 48.3 Å². The number of rotatable bonds is 7. The lowest BCUT2D eigenvalue weighted by molar-refractivity contribution is -0.165. The zero-order valence-electron chi connectivity index (χ0n) is 16.4. The second-order valence-corrected chi connectivity index (χ2v) is 6.09. The Morgan fingerprint density at radius 1 is 0.812 bits per heavy atom. The van der Waals surface area contributed by atoms with Gasteiger partial charge in [0, 0.05) is 25.0 Å². The van der Waals surface area contributed by atoms with E-state index >= 15 is 0 Å². The summed E-state index contributed by atoms with van der Waals surface area (Å²) in [6.45, 7) is 0.972. The SMILES string of the molecule is C1=CCC(c2cccnc2)NC1.O=C(O)C(O)C(O)C(=O)O.O=C(O)C(O)C(O)C(=O)O. The minimum atomic E-state index is -2.27. The molecule has 14 nitrogen and oxygen atoms in total. The van der Waals surface area contributed by atoms with Gasteiger partial charge < -0.3 is 46.2 Å². The van der Waals surface area contributed by atoms with Gasteiger partial charge in [0.2, 0.25) is 0 Å². The molecule has 14 heteroatoms. The minimum Gasteiger partial charge on any atom is -0.479 e. The summed E-state index contributed by atoms with van der Waals surface area (Å²) in [6.07, 6.45) is 0.121. The summed E-state index contributed by atoms with van der Waals surface area (Å²) in [5.74, 6) is -7.07. The maximum absolute atomic E-state index is 9.77. The molecular formula is C18H24N2O12. The normalized spacial score (nSPS) is 18.3. The van der Waals surface area contributed by atoms with Crippen LogP contribution in [0.25, 0.3) is 0 Å². The number of pyridine rings is 1. The summed E-state index contributed by atoms with van der Waals surface area (Å²) in [4.78, 5) is 43.2. The first-order valence-corrected chi connectivity index (χ1v) is 8.81. The van der Waals surface area contributed by atoms with Gasteiger partial charge in [-0.05, 0) is 18.1 Å². The number of aromatic nitrogens is 1. The number of nitrogens with zero attached hydrogens (tertiary/aromatic N) is 1. The van der Waals surface area contributed by atoms with Crippen LogP contribution >= 0.6 is 0 Å². The third-order valence-corrected chi connectivity index (χ3v) is 3.72. The fourth-order valence-electron chi connectivity index (χ4n) is 1.99. The van der Waals surface area contributed by atoms with Crippen molar-refractivity contribution in [3.8, 4) is 0 Å². The Labute approximate surface area is 180 Å². The molecule has 2 rings (SSSR count). The molecule has 0 spiro atoms. The zero-order valence-corrected chi connectivity index (χ0v) is 16.4. The average molecular weight is 460 g/mol. The van der Waals surface area contributed by atoms with E-state index in [0.29, 0.717) is 6.04 Å². The highest BCUT2D eigenvalue weighted by molar-refractivity contribution is 5.83. The Kier molecular flexibility index (Phi) is 13.0. The Bertz CT molecular complexity index is 713. The monoisotopic (exact) mass is 460 g/mol. The summed E-state index contributed by atoms with van der Waals surface area (Å²) in [5.41, 5.74) is 1.28. The van der Waals surface area contributed by atoms with Gasteiger partial charge >= 0.3 is 23.9 Å². The van der Waals surface area contributed by atoms with Gasteiger partial charge in [0.15, 0.2) is 24.4 Å². The van der Waals surface area contributed by atoms with Crippen molar-refractivity contribution in [3.05, 3.63) is 42.2 Å². The molecule has 1 aromatic rings. The Hall–Kier alpha value is -3.43. The van der Waals surface area contributed by atoms with Crippen LogP contribution in [0.4, 0.5) is 0 Å². The van der Waals surface area contributed by atoms with Crippen LogP contribution in [0.3, 0.4) is 0 Å². The second kappa shape index (κ2) is 14.6. The van der Waals surface area contributed by atoms with Crippen LogP contribution in [0.5, 0.6) is 0 Å². The standard InChI is InChI=1S/C10H12N2.2C4H6O6/c1-2-7-12-10(5-1)9-4-3-6-11-8-9;2*5-1(3(7)8)2(6)4(9)10/h1-4,6,8,10,12H,5,7H2;2*1-2,5-6H,(H,7,8)(H,9,10). The van der Waals surface area contributed by atoms with Crippen LogP contribution in [-0.4, -0.2) is 101 Å². The number of hydrogen-bond donors (Lipinski definition) is 9. The largest absolute Gasteiger partial charge is 0.479 e. The van der Waals surface area contributed by atoms with Gasteiger partial charge in [-0.25, -0.2) is 19.2 Å². The molecule has 5 atom stereocenters. The summed E-state index contributed by atoms with van der Waals surface area (Å²) in [5, 5.41) is 68.5. The minimum absolute atomic E-state index is 0.462. The third-order valence-electron chi connectivity index (χ3n) is 3.72. The van der Waals surface area contributed by atoms with E-state index in [9.17, 15) is 19.2 Å². The van der Waals surface area contributed by atoms with Gasteiger partial charge in [-0.3, -0.25) is 4.98 Å². The van der Waals surface area contributed by atoms with Gasteiger partial charge in [0.1, 0.15) is 0 Å². The van der Waals surface area contributed by atoms with Gasteiger partial charge in [-0.1, -0.05) is 18.2 Å². The van der Waals surface area contributed by atoms with Gasteiger partial charge in [-0.15, -0.1) is 0 Å². The van der Waals surface area contributed by atoms with Crippen LogP contribution in [0, 0.1) is 0 Å². The predicted octanol–water partition coefficient (Wildman–Crippen LogP) is -2.57. The highest BCUT2D eigenvalue weighted by Gasteiger charge is 2.30. The molecule has 0 aliphatic carbocycles. The maximum Gasteiger partial charge on any atom is 0.335 e. The molecule has 32 heavy (non-hydrogen) atoms. The Morgan fingerprint density at radius 3 is 1.53 bits per heavy atom. The number of aliphatic hydroxyl groups excluding tert-OH is 4. The third kappa shape index (κ3) is 10.6. The summed E-state index contributed by atoms with van der Waals surface area (Å²) in [6, 6.07) is 4.56. The fraction of sp³-hybridized carbons (Fsp3) is 0.389. The molecule has 1 aliphatic heterocycles. The molecule has 0 fully saturated rings. The van der Waals surface area contributed by atoms with Gasteiger partial charge in [0.25, 0.3) is 0 Å². The number of nitrogens with one attached hydrogen (secondary N) is 1. The van der Waals surface area contributed by atoms with Crippen molar-refractivity contribution in [3.63, 3.8) is 0 Å². The highest BCUT2D eigenvalue weighted by atomic mass is 16.4. The number of aliphatic hydroxyl groups is 4.